The summed E-state index contributed by atoms with van der Waals surface area (Å²) >= 11 is 0. The average Bonchev–Trinajstić information content (AvgIpc) is 3.28. The number of ketones is 1. The summed E-state index contributed by atoms with van der Waals surface area (Å²) in [5.41, 5.74) is 8.50. The van der Waals surface area contributed by atoms with Crippen molar-refractivity contribution in [2.24, 2.45) is 17.1 Å². The van der Waals surface area contributed by atoms with E-state index in [2.05, 4.69) is 4.98 Å². The van der Waals surface area contributed by atoms with Gasteiger partial charge in [0.2, 0.25) is 5.91 Å². The summed E-state index contributed by atoms with van der Waals surface area (Å²) in [5.74, 6) is -2.45. The highest BCUT2D eigenvalue weighted by Gasteiger charge is 2.45. The van der Waals surface area contributed by atoms with Crippen LogP contribution >= 0.6 is 0 Å². The molecule has 154 valence electrons. The van der Waals surface area contributed by atoms with E-state index in [9.17, 15) is 19.5 Å². The minimum Gasteiger partial charge on any atom is -0.481 e. The number of carbonyl (C=O) groups excluding carboxylic acids is 2. The van der Waals surface area contributed by atoms with Crippen LogP contribution < -0.4 is 5.73 Å². The zero-order valence-electron chi connectivity index (χ0n) is 16.6. The molecule has 0 saturated heterocycles. The monoisotopic (exact) mass is 404 g/mol. The van der Waals surface area contributed by atoms with Crippen LogP contribution in [0, 0.1) is 11.3 Å². The molecule has 0 saturated carbocycles. The second kappa shape index (κ2) is 7.78. The van der Waals surface area contributed by atoms with Gasteiger partial charge in [-0.25, -0.2) is 0 Å². The van der Waals surface area contributed by atoms with Crippen LogP contribution in [-0.4, -0.2) is 27.8 Å². The Morgan fingerprint density at radius 1 is 1.03 bits per heavy atom. The molecule has 0 radical (unpaired) electrons. The van der Waals surface area contributed by atoms with Gasteiger partial charge in [-0.15, -0.1) is 0 Å². The first kappa shape index (κ1) is 19.9. The number of hydrogen-bond acceptors (Lipinski definition) is 3. The van der Waals surface area contributed by atoms with Gasteiger partial charge in [0.05, 0.1) is 6.42 Å². The number of rotatable bonds is 8. The summed E-state index contributed by atoms with van der Waals surface area (Å²) in [5, 5.41) is 10.5. The average molecular weight is 404 g/mol. The van der Waals surface area contributed by atoms with Crippen LogP contribution in [0.15, 0.2) is 54.7 Å². The number of aliphatic carboxylic acids is 1. The van der Waals surface area contributed by atoms with E-state index in [0.29, 0.717) is 19.3 Å². The number of aromatic amines is 1. The van der Waals surface area contributed by atoms with Crippen LogP contribution in [0.25, 0.3) is 10.9 Å². The minimum atomic E-state index is -1.02. The zero-order valence-corrected chi connectivity index (χ0v) is 16.6. The molecule has 1 aliphatic carbocycles. The highest BCUT2D eigenvalue weighted by molar-refractivity contribution is 5.93. The largest absolute Gasteiger partial charge is 0.481 e. The standard InChI is InChI=1S/C24H24N2O4/c25-23(30)17(9-18-14-26-20-8-4-3-7-19(18)20)10-21(27)24(13-22(28)29)11-15-5-1-2-6-16(15)12-24/h1-8,14,17,26H,9-13H2,(H2,25,30)(H,28,29)/t17-/m1/s1. The fraction of sp³-hybridized carbons (Fsp3) is 0.292. The maximum absolute atomic E-state index is 13.4. The maximum atomic E-state index is 13.4. The number of H-pyrrole nitrogens is 1. The van der Waals surface area contributed by atoms with Crippen molar-refractivity contribution >= 4 is 28.6 Å². The third-order valence-corrected chi connectivity index (χ3v) is 6.23. The number of aromatic nitrogens is 1. The molecule has 30 heavy (non-hydrogen) atoms. The molecule has 1 aromatic heterocycles. The molecule has 0 bridgehead atoms. The van der Waals surface area contributed by atoms with Crippen LogP contribution in [0.4, 0.5) is 0 Å². The number of carboxylic acids is 1. The van der Waals surface area contributed by atoms with Gasteiger partial charge < -0.3 is 15.8 Å². The quantitative estimate of drug-likeness (QED) is 0.535. The lowest BCUT2D eigenvalue weighted by Gasteiger charge is -2.27. The van der Waals surface area contributed by atoms with Gasteiger partial charge in [-0.1, -0.05) is 42.5 Å². The van der Waals surface area contributed by atoms with Crippen molar-refractivity contribution in [1.29, 1.82) is 0 Å². The molecule has 1 amide bonds. The Morgan fingerprint density at radius 2 is 1.67 bits per heavy atom. The maximum Gasteiger partial charge on any atom is 0.304 e. The highest BCUT2D eigenvalue weighted by Crippen LogP contribution is 2.42. The normalized spacial score (nSPS) is 15.6. The summed E-state index contributed by atoms with van der Waals surface area (Å²) in [6.45, 7) is 0. The van der Waals surface area contributed by atoms with Crippen LogP contribution in [0.2, 0.25) is 0 Å². The Hall–Kier alpha value is -3.41. The van der Waals surface area contributed by atoms with Gasteiger partial charge in [-0.3, -0.25) is 14.4 Å². The van der Waals surface area contributed by atoms with E-state index in [0.717, 1.165) is 27.6 Å². The molecule has 0 unspecified atom stereocenters. The van der Waals surface area contributed by atoms with Crippen molar-refractivity contribution in [2.75, 3.05) is 0 Å². The molecule has 0 spiro atoms. The SMILES string of the molecule is NC(=O)[C@@H](CC(=O)C1(CC(=O)O)Cc2ccccc2C1)Cc1c[nH]c2ccccc12. The molecule has 1 atom stereocenters. The number of nitrogens with two attached hydrogens (primary N) is 1. The van der Waals surface area contributed by atoms with Crippen molar-refractivity contribution in [2.45, 2.75) is 32.1 Å². The third-order valence-electron chi connectivity index (χ3n) is 6.23. The first-order chi connectivity index (χ1) is 14.4. The van der Waals surface area contributed by atoms with Crippen molar-refractivity contribution in [3.8, 4) is 0 Å². The third kappa shape index (κ3) is 3.73. The summed E-state index contributed by atoms with van der Waals surface area (Å²) in [4.78, 5) is 40.4. The second-order valence-corrected chi connectivity index (χ2v) is 8.26. The predicted octanol–water partition coefficient (Wildman–Crippen LogP) is 3.03. The number of carbonyl (C=O) groups is 3. The smallest absolute Gasteiger partial charge is 0.304 e. The molecule has 1 heterocycles. The molecule has 3 aromatic rings. The number of nitrogens with one attached hydrogen (secondary N) is 1. The molecule has 4 N–H and O–H groups in total. The summed E-state index contributed by atoms with van der Waals surface area (Å²) < 4.78 is 0. The van der Waals surface area contributed by atoms with E-state index in [1.54, 1.807) is 0 Å². The van der Waals surface area contributed by atoms with Crippen molar-refractivity contribution < 1.29 is 19.5 Å². The van der Waals surface area contributed by atoms with Crippen LogP contribution in [0.3, 0.4) is 0 Å². The molecule has 6 nitrogen and oxygen atoms in total. The van der Waals surface area contributed by atoms with Gasteiger partial charge in [0.1, 0.15) is 5.78 Å². The Bertz CT molecular complexity index is 1110. The van der Waals surface area contributed by atoms with E-state index >= 15 is 0 Å². The number of Topliss-reactive ketones (excluding diaryl/α,β-unsaturated/α-hetero) is 1. The van der Waals surface area contributed by atoms with Gasteiger partial charge >= 0.3 is 5.97 Å². The number of primary amides is 1. The Labute approximate surface area is 174 Å². The summed E-state index contributed by atoms with van der Waals surface area (Å²) in [6, 6.07) is 15.4. The van der Waals surface area contributed by atoms with E-state index in [4.69, 9.17) is 5.73 Å². The van der Waals surface area contributed by atoms with E-state index < -0.39 is 23.2 Å². The number of carboxylic acid groups (broad SMARTS) is 1. The van der Waals surface area contributed by atoms with E-state index in [-0.39, 0.29) is 18.6 Å². The molecule has 4 rings (SSSR count). The van der Waals surface area contributed by atoms with Crippen molar-refractivity contribution in [1.82, 2.24) is 4.98 Å². The van der Waals surface area contributed by atoms with E-state index in [1.165, 1.54) is 0 Å². The molecule has 6 heteroatoms. The van der Waals surface area contributed by atoms with Gasteiger partial charge in [-0.2, -0.15) is 0 Å². The molecular formula is C24H24N2O4. The van der Waals surface area contributed by atoms with E-state index in [1.807, 2.05) is 54.7 Å². The molecule has 1 aliphatic rings. The topological polar surface area (TPSA) is 113 Å². The Balaban J connectivity index is 1.58. The van der Waals surface area contributed by atoms with Crippen LogP contribution in [0.5, 0.6) is 0 Å². The number of hydrogen-bond donors (Lipinski definition) is 3. The Kier molecular flexibility index (Phi) is 5.16. The first-order valence-corrected chi connectivity index (χ1v) is 10.0. The van der Waals surface area contributed by atoms with Gasteiger partial charge in [0, 0.05) is 34.9 Å². The number of fused-ring (bicyclic) bond motifs is 2. The van der Waals surface area contributed by atoms with Crippen molar-refractivity contribution in [3.05, 3.63) is 71.4 Å². The lowest BCUT2D eigenvalue weighted by molar-refractivity contribution is -0.145. The number of benzene rings is 2. The number of para-hydroxylation sites is 1. The fourth-order valence-corrected chi connectivity index (χ4v) is 4.68. The number of amides is 1. The molecule has 2 aromatic carbocycles. The van der Waals surface area contributed by atoms with Crippen molar-refractivity contribution in [3.63, 3.8) is 0 Å². The summed E-state index contributed by atoms with van der Waals surface area (Å²) in [6.07, 6.45) is 2.62. The lowest BCUT2D eigenvalue weighted by atomic mass is 9.74. The van der Waals surface area contributed by atoms with Gasteiger partial charge in [0.25, 0.3) is 0 Å². The van der Waals surface area contributed by atoms with Crippen LogP contribution in [0.1, 0.15) is 29.5 Å². The molecule has 0 aliphatic heterocycles. The molecular weight excluding hydrogens is 380 g/mol. The lowest BCUT2D eigenvalue weighted by Crippen LogP contribution is -2.38. The minimum absolute atomic E-state index is 0.0594. The second-order valence-electron chi connectivity index (χ2n) is 8.26. The molecule has 0 fully saturated rings. The summed E-state index contributed by atoms with van der Waals surface area (Å²) in [7, 11) is 0. The zero-order chi connectivity index (χ0) is 21.3. The fourth-order valence-electron chi connectivity index (χ4n) is 4.68. The highest BCUT2D eigenvalue weighted by atomic mass is 16.4. The first-order valence-electron chi connectivity index (χ1n) is 10.0. The van der Waals surface area contributed by atoms with Crippen LogP contribution in [-0.2, 0) is 33.6 Å². The van der Waals surface area contributed by atoms with Gasteiger partial charge in [-0.05, 0) is 42.0 Å². The van der Waals surface area contributed by atoms with Gasteiger partial charge in [0.15, 0.2) is 0 Å². The Morgan fingerprint density at radius 3 is 2.30 bits per heavy atom. The predicted molar refractivity (Wildman–Crippen MR) is 113 cm³/mol.